The minimum Gasteiger partial charge on any atom is -0.338 e. The number of urea groups is 1. The minimum absolute atomic E-state index is 0.0199. The fraction of sp³-hybridized carbons (Fsp3) is 0.263. The summed E-state index contributed by atoms with van der Waals surface area (Å²) < 4.78 is 13.5. The fourth-order valence-electron chi connectivity index (χ4n) is 2.45. The molecule has 6 heteroatoms. The molecule has 0 saturated heterocycles. The summed E-state index contributed by atoms with van der Waals surface area (Å²) in [5.41, 5.74) is 1.80. The molecule has 0 aromatic heterocycles. The first-order chi connectivity index (χ1) is 12.1. The number of benzene rings is 2. The second-order valence-corrected chi connectivity index (χ2v) is 6.07. The number of carbonyl (C=O) groups is 2. The lowest BCUT2D eigenvalue weighted by Gasteiger charge is -2.10. The number of hydrogen-bond donors (Lipinski definition) is 3. The van der Waals surface area contributed by atoms with E-state index in [1.807, 2.05) is 0 Å². The Balaban J connectivity index is 1.47. The van der Waals surface area contributed by atoms with E-state index in [-0.39, 0.29) is 23.7 Å². The van der Waals surface area contributed by atoms with E-state index in [0.717, 1.165) is 12.8 Å². The molecule has 0 heterocycles. The Morgan fingerprint density at radius 1 is 1.00 bits per heavy atom. The van der Waals surface area contributed by atoms with Crippen LogP contribution in [0.25, 0.3) is 0 Å². The third-order valence-corrected chi connectivity index (χ3v) is 3.97. The fourth-order valence-corrected chi connectivity index (χ4v) is 2.45. The van der Waals surface area contributed by atoms with Gasteiger partial charge in [0.2, 0.25) is 5.91 Å². The maximum Gasteiger partial charge on any atom is 0.319 e. The second-order valence-electron chi connectivity index (χ2n) is 6.07. The quantitative estimate of drug-likeness (QED) is 0.752. The number of carbonyl (C=O) groups excluding carboxylic acids is 2. The molecule has 1 saturated carbocycles. The Bertz CT molecular complexity index is 775. The van der Waals surface area contributed by atoms with Crippen LogP contribution in [0.3, 0.4) is 0 Å². The molecule has 130 valence electrons. The molecule has 0 aliphatic heterocycles. The first-order valence-corrected chi connectivity index (χ1v) is 8.31. The maximum atomic E-state index is 13.5. The highest BCUT2D eigenvalue weighted by Crippen LogP contribution is 2.30. The zero-order chi connectivity index (χ0) is 17.6. The van der Waals surface area contributed by atoms with Crippen molar-refractivity contribution in [1.29, 1.82) is 0 Å². The summed E-state index contributed by atoms with van der Waals surface area (Å²) in [7, 11) is 0. The molecule has 1 fully saturated rings. The molecule has 0 atom stereocenters. The zero-order valence-corrected chi connectivity index (χ0v) is 13.7. The lowest BCUT2D eigenvalue weighted by molar-refractivity contribution is -0.117. The molecule has 5 nitrogen and oxygen atoms in total. The van der Waals surface area contributed by atoms with Crippen LogP contribution in [-0.4, -0.2) is 18.5 Å². The van der Waals surface area contributed by atoms with Gasteiger partial charge in [-0.3, -0.25) is 4.79 Å². The normalized spacial score (nSPS) is 13.2. The van der Waals surface area contributed by atoms with Crippen molar-refractivity contribution in [1.82, 2.24) is 5.32 Å². The number of nitrogens with one attached hydrogen (secondary N) is 3. The third kappa shape index (κ3) is 5.04. The van der Waals surface area contributed by atoms with Gasteiger partial charge in [0, 0.05) is 23.8 Å². The monoisotopic (exact) mass is 341 g/mol. The molecule has 3 N–H and O–H groups in total. The van der Waals surface area contributed by atoms with E-state index in [2.05, 4.69) is 16.0 Å². The molecule has 2 aromatic rings. The summed E-state index contributed by atoms with van der Waals surface area (Å²) >= 11 is 0. The van der Waals surface area contributed by atoms with E-state index in [1.165, 1.54) is 6.07 Å². The number of hydrogen-bond acceptors (Lipinski definition) is 2. The van der Waals surface area contributed by atoms with E-state index in [9.17, 15) is 14.0 Å². The van der Waals surface area contributed by atoms with Crippen LogP contribution in [0.4, 0.5) is 20.6 Å². The van der Waals surface area contributed by atoms with E-state index >= 15 is 0 Å². The zero-order valence-electron chi connectivity index (χ0n) is 13.7. The van der Waals surface area contributed by atoms with Crippen molar-refractivity contribution in [3.05, 3.63) is 59.9 Å². The molecular formula is C19H20FN3O2. The molecule has 25 heavy (non-hydrogen) atoms. The van der Waals surface area contributed by atoms with Gasteiger partial charge in [-0.25, -0.2) is 9.18 Å². The lowest BCUT2D eigenvalue weighted by atomic mass is 10.1. The van der Waals surface area contributed by atoms with Gasteiger partial charge in [-0.05, 0) is 49.1 Å². The van der Waals surface area contributed by atoms with Gasteiger partial charge < -0.3 is 16.0 Å². The number of rotatable bonds is 6. The van der Waals surface area contributed by atoms with Crippen LogP contribution >= 0.6 is 0 Å². The van der Waals surface area contributed by atoms with Crippen molar-refractivity contribution in [3.63, 3.8) is 0 Å². The Kier molecular flexibility index (Phi) is 5.28. The third-order valence-electron chi connectivity index (χ3n) is 3.97. The van der Waals surface area contributed by atoms with Crippen molar-refractivity contribution in [2.75, 3.05) is 17.2 Å². The van der Waals surface area contributed by atoms with Gasteiger partial charge >= 0.3 is 6.03 Å². The number of halogens is 1. The molecule has 0 bridgehead atoms. The van der Waals surface area contributed by atoms with Crippen molar-refractivity contribution in [2.24, 2.45) is 5.92 Å². The van der Waals surface area contributed by atoms with Crippen molar-refractivity contribution in [2.45, 2.75) is 19.3 Å². The average Bonchev–Trinajstić information content (AvgIpc) is 3.42. The van der Waals surface area contributed by atoms with Crippen LogP contribution in [0.1, 0.15) is 18.4 Å². The lowest BCUT2D eigenvalue weighted by Crippen LogP contribution is -2.30. The van der Waals surface area contributed by atoms with E-state index in [0.29, 0.717) is 29.9 Å². The average molecular weight is 341 g/mol. The SMILES string of the molecule is O=C(NCCc1ccccc1F)Nc1cccc(NC(=O)C2CC2)c1. The summed E-state index contributed by atoms with van der Waals surface area (Å²) in [5.74, 6) is -0.131. The van der Waals surface area contributed by atoms with Crippen molar-refractivity contribution >= 4 is 23.3 Å². The molecule has 2 aromatic carbocycles. The highest BCUT2D eigenvalue weighted by Gasteiger charge is 2.29. The molecule has 3 amide bonds. The molecule has 0 radical (unpaired) electrons. The summed E-state index contributed by atoms with van der Waals surface area (Å²) in [5, 5.41) is 8.23. The maximum absolute atomic E-state index is 13.5. The Labute approximate surface area is 145 Å². The topological polar surface area (TPSA) is 70.2 Å². The largest absolute Gasteiger partial charge is 0.338 e. The molecule has 0 unspecified atom stereocenters. The standard InChI is InChI=1S/C19H20FN3O2/c20-17-7-2-1-4-13(17)10-11-21-19(25)23-16-6-3-5-15(12-16)22-18(24)14-8-9-14/h1-7,12,14H,8-11H2,(H,22,24)(H2,21,23,25). The predicted octanol–water partition coefficient (Wildman–Crippen LogP) is 3.54. The van der Waals surface area contributed by atoms with Crippen LogP contribution < -0.4 is 16.0 Å². The minimum atomic E-state index is -0.373. The van der Waals surface area contributed by atoms with Crippen LogP contribution in [0, 0.1) is 11.7 Å². The van der Waals surface area contributed by atoms with Gasteiger partial charge in [0.25, 0.3) is 0 Å². The first-order valence-electron chi connectivity index (χ1n) is 8.31. The van der Waals surface area contributed by atoms with Gasteiger partial charge in [0.05, 0.1) is 0 Å². The number of amides is 3. The highest BCUT2D eigenvalue weighted by molar-refractivity contribution is 5.95. The van der Waals surface area contributed by atoms with Crippen LogP contribution in [0.15, 0.2) is 48.5 Å². The Hall–Kier alpha value is -2.89. The molecule has 1 aliphatic rings. The Morgan fingerprint density at radius 3 is 2.44 bits per heavy atom. The van der Waals surface area contributed by atoms with Gasteiger partial charge in [-0.15, -0.1) is 0 Å². The van der Waals surface area contributed by atoms with Crippen LogP contribution in [0.5, 0.6) is 0 Å². The first kappa shape index (κ1) is 17.0. The summed E-state index contributed by atoms with van der Waals surface area (Å²) in [6.45, 7) is 0.324. The Morgan fingerprint density at radius 2 is 1.72 bits per heavy atom. The molecular weight excluding hydrogens is 321 g/mol. The van der Waals surface area contributed by atoms with Gasteiger partial charge in [-0.2, -0.15) is 0 Å². The van der Waals surface area contributed by atoms with E-state index < -0.39 is 0 Å². The molecule has 1 aliphatic carbocycles. The summed E-state index contributed by atoms with van der Waals surface area (Å²) in [6.07, 6.45) is 2.29. The van der Waals surface area contributed by atoms with Gasteiger partial charge in [0.1, 0.15) is 5.82 Å². The predicted molar refractivity (Wildman–Crippen MR) is 94.9 cm³/mol. The van der Waals surface area contributed by atoms with Crippen molar-refractivity contribution in [3.8, 4) is 0 Å². The number of anilines is 2. The smallest absolute Gasteiger partial charge is 0.319 e. The molecule has 3 rings (SSSR count). The summed E-state index contributed by atoms with van der Waals surface area (Å²) in [6, 6.07) is 13.1. The second kappa shape index (κ2) is 7.79. The summed E-state index contributed by atoms with van der Waals surface area (Å²) in [4.78, 5) is 23.7. The van der Waals surface area contributed by atoms with Gasteiger partial charge in [-0.1, -0.05) is 24.3 Å². The van der Waals surface area contributed by atoms with Gasteiger partial charge in [0.15, 0.2) is 0 Å². The van der Waals surface area contributed by atoms with Crippen LogP contribution in [0.2, 0.25) is 0 Å². The van der Waals surface area contributed by atoms with E-state index in [1.54, 1.807) is 42.5 Å². The van der Waals surface area contributed by atoms with E-state index in [4.69, 9.17) is 0 Å². The highest BCUT2D eigenvalue weighted by atomic mass is 19.1. The van der Waals surface area contributed by atoms with Crippen molar-refractivity contribution < 1.29 is 14.0 Å². The van der Waals surface area contributed by atoms with Crippen LogP contribution in [-0.2, 0) is 11.2 Å². The molecule has 0 spiro atoms.